The number of carbonyl (C=O) groups excluding carboxylic acids is 3. The summed E-state index contributed by atoms with van der Waals surface area (Å²) in [6.07, 6.45) is 1.54. The van der Waals surface area contributed by atoms with Crippen LogP contribution >= 0.6 is 11.8 Å². The molecule has 144 valence electrons. The van der Waals surface area contributed by atoms with Crippen LogP contribution in [0.25, 0.3) is 0 Å². The van der Waals surface area contributed by atoms with Crippen LogP contribution < -0.4 is 4.90 Å². The second-order valence-corrected chi connectivity index (χ2v) is 7.29. The molecule has 0 saturated heterocycles. The van der Waals surface area contributed by atoms with Crippen LogP contribution in [-0.4, -0.2) is 29.4 Å². The first-order valence-electron chi connectivity index (χ1n) is 8.97. The van der Waals surface area contributed by atoms with Crippen molar-refractivity contribution < 1.29 is 19.1 Å². The molecule has 0 saturated carbocycles. The number of esters is 1. The smallest absolute Gasteiger partial charge is 0.338 e. The number of hydrogen-bond acceptors (Lipinski definition) is 6. The standard InChI is InChI=1S/C22H16N2O4S/c1-2-28-22(27)14-10-11-23-19(12-14)29-16-7-5-6-15(13-16)24-20(25)17-8-3-4-9-18(17)21(24)26/h3-13H,2H2,1H3. The SMILES string of the molecule is CCOC(=O)c1ccnc(Sc2cccc(N3C(=O)c4ccccc4C3=O)c2)c1. The molecule has 2 aromatic carbocycles. The summed E-state index contributed by atoms with van der Waals surface area (Å²) in [5, 5.41) is 0.607. The number of amides is 2. The Balaban J connectivity index is 1.59. The zero-order valence-electron chi connectivity index (χ0n) is 15.5. The third-order valence-corrected chi connectivity index (χ3v) is 5.26. The van der Waals surface area contributed by atoms with Crippen molar-refractivity contribution >= 4 is 35.2 Å². The van der Waals surface area contributed by atoms with Gasteiger partial charge < -0.3 is 4.74 Å². The number of anilines is 1. The van der Waals surface area contributed by atoms with Gasteiger partial charge in [-0.15, -0.1) is 0 Å². The Morgan fingerprint density at radius 2 is 1.72 bits per heavy atom. The summed E-state index contributed by atoms with van der Waals surface area (Å²) in [7, 11) is 0. The van der Waals surface area contributed by atoms with Crippen LogP contribution in [-0.2, 0) is 4.74 Å². The van der Waals surface area contributed by atoms with Crippen LogP contribution in [0, 0.1) is 0 Å². The monoisotopic (exact) mass is 404 g/mol. The first-order chi connectivity index (χ1) is 14.1. The molecule has 3 aromatic rings. The second kappa shape index (κ2) is 7.89. The van der Waals surface area contributed by atoms with Gasteiger partial charge in [-0.3, -0.25) is 9.59 Å². The van der Waals surface area contributed by atoms with E-state index in [4.69, 9.17) is 4.74 Å². The summed E-state index contributed by atoms with van der Waals surface area (Å²) >= 11 is 1.33. The lowest BCUT2D eigenvalue weighted by atomic mass is 10.1. The van der Waals surface area contributed by atoms with E-state index in [1.807, 2.05) is 6.07 Å². The first-order valence-corrected chi connectivity index (χ1v) is 9.79. The van der Waals surface area contributed by atoms with Crippen molar-refractivity contribution in [2.75, 3.05) is 11.5 Å². The predicted molar refractivity (Wildman–Crippen MR) is 108 cm³/mol. The number of fused-ring (bicyclic) bond motifs is 1. The van der Waals surface area contributed by atoms with Gasteiger partial charge in [0, 0.05) is 11.1 Å². The Labute approximate surface area is 171 Å². The van der Waals surface area contributed by atoms with E-state index in [1.165, 1.54) is 16.7 Å². The number of rotatable bonds is 5. The van der Waals surface area contributed by atoms with Crippen molar-refractivity contribution in [2.45, 2.75) is 16.8 Å². The summed E-state index contributed by atoms with van der Waals surface area (Å²) in [6.45, 7) is 2.05. The zero-order chi connectivity index (χ0) is 20.4. The molecule has 0 unspecified atom stereocenters. The molecule has 0 N–H and O–H groups in total. The van der Waals surface area contributed by atoms with Crippen molar-refractivity contribution in [1.82, 2.24) is 4.98 Å². The largest absolute Gasteiger partial charge is 0.462 e. The number of hydrogen-bond donors (Lipinski definition) is 0. The average Bonchev–Trinajstić information content (AvgIpc) is 2.99. The molecule has 2 amide bonds. The number of pyridine rings is 1. The minimum atomic E-state index is -0.406. The number of imide groups is 1. The Hall–Kier alpha value is -3.45. The summed E-state index contributed by atoms with van der Waals surface area (Å²) in [5.41, 5.74) is 1.71. The van der Waals surface area contributed by atoms with Crippen molar-refractivity contribution in [3.8, 4) is 0 Å². The molecule has 2 heterocycles. The molecule has 4 rings (SSSR count). The van der Waals surface area contributed by atoms with Gasteiger partial charge in [-0.25, -0.2) is 14.7 Å². The Bertz CT molecular complexity index is 1090. The van der Waals surface area contributed by atoms with E-state index in [0.717, 1.165) is 4.90 Å². The highest BCUT2D eigenvalue weighted by atomic mass is 32.2. The fourth-order valence-electron chi connectivity index (χ4n) is 3.04. The highest BCUT2D eigenvalue weighted by Crippen LogP contribution is 2.33. The lowest BCUT2D eigenvalue weighted by Crippen LogP contribution is -2.29. The molecule has 7 heteroatoms. The normalized spacial score (nSPS) is 12.8. The zero-order valence-corrected chi connectivity index (χ0v) is 16.3. The molecule has 0 aliphatic carbocycles. The molecular weight excluding hydrogens is 388 g/mol. The number of nitrogens with zero attached hydrogens (tertiary/aromatic N) is 2. The van der Waals surface area contributed by atoms with Crippen LogP contribution in [0.5, 0.6) is 0 Å². The van der Waals surface area contributed by atoms with Gasteiger partial charge in [0.15, 0.2) is 0 Å². The third kappa shape index (κ3) is 3.64. The Morgan fingerprint density at radius 3 is 2.41 bits per heavy atom. The lowest BCUT2D eigenvalue weighted by Gasteiger charge is -2.15. The highest BCUT2D eigenvalue weighted by Gasteiger charge is 2.36. The molecule has 0 radical (unpaired) electrons. The van der Waals surface area contributed by atoms with Gasteiger partial charge in [0.2, 0.25) is 0 Å². The lowest BCUT2D eigenvalue weighted by molar-refractivity contribution is 0.0525. The van der Waals surface area contributed by atoms with Gasteiger partial charge in [-0.1, -0.05) is 30.0 Å². The van der Waals surface area contributed by atoms with Crippen LogP contribution in [0.3, 0.4) is 0 Å². The summed E-state index contributed by atoms with van der Waals surface area (Å²) in [6, 6.07) is 17.1. The van der Waals surface area contributed by atoms with Crippen LogP contribution in [0.15, 0.2) is 76.8 Å². The maximum Gasteiger partial charge on any atom is 0.338 e. The van der Waals surface area contributed by atoms with E-state index in [9.17, 15) is 14.4 Å². The Morgan fingerprint density at radius 1 is 1.00 bits per heavy atom. The molecule has 1 aliphatic heterocycles. The van der Waals surface area contributed by atoms with Crippen molar-refractivity contribution in [2.24, 2.45) is 0 Å². The molecule has 1 aromatic heterocycles. The summed E-state index contributed by atoms with van der Waals surface area (Å²) in [5.74, 6) is -1.08. The molecule has 29 heavy (non-hydrogen) atoms. The van der Waals surface area contributed by atoms with Gasteiger partial charge in [0.05, 0.1) is 29.0 Å². The van der Waals surface area contributed by atoms with Gasteiger partial charge in [-0.05, 0) is 49.4 Å². The van der Waals surface area contributed by atoms with Gasteiger partial charge in [0.1, 0.15) is 5.03 Å². The quantitative estimate of drug-likeness (QED) is 0.468. The van der Waals surface area contributed by atoms with Crippen molar-refractivity contribution in [3.05, 3.63) is 83.6 Å². The van der Waals surface area contributed by atoms with Crippen LogP contribution in [0.2, 0.25) is 0 Å². The number of ether oxygens (including phenoxy) is 1. The molecule has 1 aliphatic rings. The van der Waals surface area contributed by atoms with E-state index in [0.29, 0.717) is 34.0 Å². The fraction of sp³-hybridized carbons (Fsp3) is 0.0909. The minimum Gasteiger partial charge on any atom is -0.462 e. The summed E-state index contributed by atoms with van der Waals surface area (Å²) in [4.78, 5) is 43.5. The van der Waals surface area contributed by atoms with Gasteiger partial charge in [-0.2, -0.15) is 0 Å². The topological polar surface area (TPSA) is 76.6 Å². The number of benzene rings is 2. The predicted octanol–water partition coefficient (Wildman–Crippen LogP) is 4.21. The third-order valence-electron chi connectivity index (χ3n) is 4.34. The molecule has 0 atom stereocenters. The fourth-order valence-corrected chi connectivity index (χ4v) is 3.90. The first kappa shape index (κ1) is 18.9. The van der Waals surface area contributed by atoms with Crippen molar-refractivity contribution in [1.29, 1.82) is 0 Å². The van der Waals surface area contributed by atoms with E-state index in [-0.39, 0.29) is 11.8 Å². The van der Waals surface area contributed by atoms with Gasteiger partial charge >= 0.3 is 5.97 Å². The number of aromatic nitrogens is 1. The maximum atomic E-state index is 12.7. The molecule has 0 spiro atoms. The van der Waals surface area contributed by atoms with E-state index >= 15 is 0 Å². The van der Waals surface area contributed by atoms with E-state index in [1.54, 1.807) is 67.7 Å². The highest BCUT2D eigenvalue weighted by molar-refractivity contribution is 7.99. The van der Waals surface area contributed by atoms with E-state index < -0.39 is 5.97 Å². The Kier molecular flexibility index (Phi) is 5.14. The molecule has 6 nitrogen and oxygen atoms in total. The molecule has 0 bridgehead atoms. The maximum absolute atomic E-state index is 12.7. The van der Waals surface area contributed by atoms with Crippen LogP contribution in [0.4, 0.5) is 5.69 Å². The van der Waals surface area contributed by atoms with Gasteiger partial charge in [0.25, 0.3) is 11.8 Å². The minimum absolute atomic E-state index is 0.298. The second-order valence-electron chi connectivity index (χ2n) is 6.19. The summed E-state index contributed by atoms with van der Waals surface area (Å²) < 4.78 is 5.02. The van der Waals surface area contributed by atoms with Crippen LogP contribution in [0.1, 0.15) is 38.0 Å². The van der Waals surface area contributed by atoms with E-state index in [2.05, 4.69) is 4.98 Å². The van der Waals surface area contributed by atoms with Crippen molar-refractivity contribution in [3.63, 3.8) is 0 Å². The molecule has 0 fully saturated rings. The molecular formula is C22H16N2O4S. The average molecular weight is 404 g/mol. The number of carbonyl (C=O) groups is 3.